The summed E-state index contributed by atoms with van der Waals surface area (Å²) in [5, 5.41) is 11.8. The minimum Gasteiger partial charge on any atom is -0.362 e. The van der Waals surface area contributed by atoms with Crippen LogP contribution in [0.15, 0.2) is 5.38 Å². The maximum absolute atomic E-state index is 12.2. The molecule has 1 amide bonds. The van der Waals surface area contributed by atoms with Gasteiger partial charge in [-0.15, -0.1) is 11.3 Å². The van der Waals surface area contributed by atoms with E-state index in [0.717, 1.165) is 19.4 Å². The largest absolute Gasteiger partial charge is 0.362 e. The van der Waals surface area contributed by atoms with Gasteiger partial charge in [0.25, 0.3) is 5.91 Å². The van der Waals surface area contributed by atoms with E-state index in [-0.39, 0.29) is 11.9 Å². The number of likely N-dealkylation sites (tertiary alicyclic amines) is 1. The Hall–Kier alpha value is -0.980. The van der Waals surface area contributed by atoms with Gasteiger partial charge in [0.05, 0.1) is 0 Å². The molecule has 100 valence electrons. The molecule has 1 aliphatic rings. The Morgan fingerprint density at radius 3 is 3.17 bits per heavy atom. The Morgan fingerprint density at radius 1 is 1.78 bits per heavy atom. The number of nitrogens with zero attached hydrogens (tertiary/aromatic N) is 2. The Morgan fingerprint density at radius 2 is 2.56 bits per heavy atom. The third-order valence-electron chi connectivity index (χ3n) is 3.09. The zero-order valence-electron chi connectivity index (χ0n) is 10.6. The Balaban J connectivity index is 2.07. The van der Waals surface area contributed by atoms with Crippen LogP contribution < -0.4 is 0 Å². The van der Waals surface area contributed by atoms with Crippen molar-refractivity contribution in [1.82, 2.24) is 9.88 Å². The number of hydrogen-bond donors (Lipinski definition) is 1. The quantitative estimate of drug-likeness (QED) is 0.847. The van der Waals surface area contributed by atoms with Crippen LogP contribution >= 0.6 is 11.3 Å². The average molecular weight is 270 g/mol. The number of carbonyl (C=O) groups is 1. The van der Waals surface area contributed by atoms with Gasteiger partial charge in [-0.2, -0.15) is 0 Å². The lowest BCUT2D eigenvalue weighted by atomic mass is 10.2. The number of amides is 1. The predicted molar refractivity (Wildman–Crippen MR) is 68.4 cm³/mol. The highest BCUT2D eigenvalue weighted by atomic mass is 32.1. The molecule has 1 aromatic heterocycles. The van der Waals surface area contributed by atoms with E-state index in [2.05, 4.69) is 4.98 Å². The topological polar surface area (TPSA) is 62.7 Å². The van der Waals surface area contributed by atoms with Crippen molar-refractivity contribution < 1.29 is 14.6 Å². The predicted octanol–water partition coefficient (Wildman–Crippen LogP) is 1.80. The number of thiazole rings is 1. The van der Waals surface area contributed by atoms with E-state index in [9.17, 15) is 9.90 Å². The van der Waals surface area contributed by atoms with Crippen LogP contribution in [-0.4, -0.2) is 40.1 Å². The third kappa shape index (κ3) is 2.71. The van der Waals surface area contributed by atoms with E-state index in [1.165, 1.54) is 11.3 Å². The molecule has 0 saturated carbocycles. The second kappa shape index (κ2) is 5.77. The van der Waals surface area contributed by atoms with Crippen LogP contribution in [0.3, 0.4) is 0 Å². The summed E-state index contributed by atoms with van der Waals surface area (Å²) in [5.41, 5.74) is 0.405. The van der Waals surface area contributed by atoms with Crippen LogP contribution in [-0.2, 0) is 4.74 Å². The lowest BCUT2D eigenvalue weighted by Gasteiger charge is -2.20. The SMILES string of the molecule is CCOC(O)c1nc(C(=O)N2CCC[C@@H]2C)cs1. The molecule has 0 bridgehead atoms. The number of aliphatic hydroxyl groups is 1. The number of aromatic nitrogens is 1. The number of rotatable bonds is 4. The molecule has 0 radical (unpaired) electrons. The zero-order valence-corrected chi connectivity index (χ0v) is 11.4. The molecule has 5 nitrogen and oxygen atoms in total. The summed E-state index contributed by atoms with van der Waals surface area (Å²) in [4.78, 5) is 18.2. The molecule has 0 aromatic carbocycles. The fraction of sp³-hybridized carbons (Fsp3) is 0.667. The lowest BCUT2D eigenvalue weighted by Crippen LogP contribution is -2.33. The summed E-state index contributed by atoms with van der Waals surface area (Å²) < 4.78 is 5.05. The number of aliphatic hydroxyl groups excluding tert-OH is 1. The van der Waals surface area contributed by atoms with Gasteiger partial charge in [0.1, 0.15) is 10.7 Å². The summed E-state index contributed by atoms with van der Waals surface area (Å²) >= 11 is 1.25. The van der Waals surface area contributed by atoms with Crippen LogP contribution in [0.2, 0.25) is 0 Å². The molecular formula is C12H18N2O3S. The molecule has 2 atom stereocenters. The summed E-state index contributed by atoms with van der Waals surface area (Å²) in [6, 6.07) is 0.277. The number of ether oxygens (including phenoxy) is 1. The van der Waals surface area contributed by atoms with Crippen molar-refractivity contribution in [2.45, 2.75) is 39.0 Å². The molecule has 1 N–H and O–H groups in total. The van der Waals surface area contributed by atoms with Crippen LogP contribution in [0.5, 0.6) is 0 Å². The first kappa shape index (κ1) is 13.5. The van der Waals surface area contributed by atoms with Gasteiger partial charge in [-0.1, -0.05) is 0 Å². The van der Waals surface area contributed by atoms with E-state index in [0.29, 0.717) is 17.3 Å². The maximum Gasteiger partial charge on any atom is 0.273 e. The van der Waals surface area contributed by atoms with Crippen LogP contribution in [0.1, 0.15) is 48.5 Å². The highest BCUT2D eigenvalue weighted by Crippen LogP contribution is 2.23. The van der Waals surface area contributed by atoms with E-state index in [4.69, 9.17) is 4.74 Å². The average Bonchev–Trinajstić information content (AvgIpc) is 2.97. The van der Waals surface area contributed by atoms with Gasteiger partial charge in [-0.05, 0) is 26.7 Å². The molecule has 0 spiro atoms. The van der Waals surface area contributed by atoms with Crippen molar-refractivity contribution in [3.05, 3.63) is 16.1 Å². The van der Waals surface area contributed by atoms with Crippen molar-refractivity contribution in [3.8, 4) is 0 Å². The molecular weight excluding hydrogens is 252 g/mol. The second-order valence-corrected chi connectivity index (χ2v) is 5.26. The standard InChI is InChI=1S/C12H18N2O3S/c1-3-17-12(16)10-13-9(7-18-10)11(15)14-6-4-5-8(14)2/h7-8,12,16H,3-6H2,1-2H3/t8-,12?/m0/s1. The number of carbonyl (C=O) groups excluding carboxylic acids is 1. The molecule has 1 saturated heterocycles. The monoisotopic (exact) mass is 270 g/mol. The zero-order chi connectivity index (χ0) is 13.1. The Bertz CT molecular complexity index is 421. The highest BCUT2D eigenvalue weighted by Gasteiger charge is 2.28. The van der Waals surface area contributed by atoms with E-state index in [1.807, 2.05) is 11.8 Å². The molecule has 1 unspecified atom stereocenters. The van der Waals surface area contributed by atoms with Crippen LogP contribution in [0.25, 0.3) is 0 Å². The van der Waals surface area contributed by atoms with Gasteiger partial charge in [0.15, 0.2) is 0 Å². The number of hydrogen-bond acceptors (Lipinski definition) is 5. The van der Waals surface area contributed by atoms with Crippen molar-refractivity contribution in [1.29, 1.82) is 0 Å². The van der Waals surface area contributed by atoms with Crippen LogP contribution in [0, 0.1) is 0 Å². The summed E-state index contributed by atoms with van der Waals surface area (Å²) in [7, 11) is 0. The van der Waals surface area contributed by atoms with Crippen molar-refractivity contribution in [2.24, 2.45) is 0 Å². The molecule has 1 aliphatic heterocycles. The first-order valence-corrected chi connectivity index (χ1v) is 7.07. The lowest BCUT2D eigenvalue weighted by molar-refractivity contribution is -0.0980. The highest BCUT2D eigenvalue weighted by molar-refractivity contribution is 7.09. The van der Waals surface area contributed by atoms with Crippen molar-refractivity contribution in [3.63, 3.8) is 0 Å². The van der Waals surface area contributed by atoms with Gasteiger partial charge in [0, 0.05) is 24.6 Å². The summed E-state index contributed by atoms with van der Waals surface area (Å²) in [5.74, 6) is -0.0498. The van der Waals surface area contributed by atoms with E-state index in [1.54, 1.807) is 12.3 Å². The van der Waals surface area contributed by atoms with Gasteiger partial charge in [-0.3, -0.25) is 4.79 Å². The van der Waals surface area contributed by atoms with Gasteiger partial charge >= 0.3 is 0 Å². The van der Waals surface area contributed by atoms with E-state index >= 15 is 0 Å². The Labute approximate surface area is 110 Å². The first-order valence-electron chi connectivity index (χ1n) is 6.19. The fourth-order valence-electron chi connectivity index (χ4n) is 2.11. The minimum atomic E-state index is -1.03. The van der Waals surface area contributed by atoms with Crippen molar-refractivity contribution in [2.75, 3.05) is 13.2 Å². The van der Waals surface area contributed by atoms with Gasteiger partial charge < -0.3 is 14.7 Å². The second-order valence-electron chi connectivity index (χ2n) is 4.37. The molecule has 0 aliphatic carbocycles. The smallest absolute Gasteiger partial charge is 0.273 e. The van der Waals surface area contributed by atoms with Gasteiger partial charge in [-0.25, -0.2) is 4.98 Å². The molecule has 2 heterocycles. The Kier molecular flexibility index (Phi) is 4.31. The minimum absolute atomic E-state index is 0.0498. The molecule has 1 aromatic rings. The molecule has 18 heavy (non-hydrogen) atoms. The molecule has 2 rings (SSSR count). The molecule has 1 fully saturated rings. The fourth-order valence-corrected chi connectivity index (χ4v) is 2.83. The normalized spacial score (nSPS) is 21.3. The van der Waals surface area contributed by atoms with E-state index < -0.39 is 6.29 Å². The van der Waals surface area contributed by atoms with Gasteiger partial charge in [0.2, 0.25) is 6.29 Å². The maximum atomic E-state index is 12.2. The van der Waals surface area contributed by atoms with Crippen LogP contribution in [0.4, 0.5) is 0 Å². The molecule has 6 heteroatoms. The van der Waals surface area contributed by atoms with Crippen molar-refractivity contribution >= 4 is 17.2 Å². The first-order chi connectivity index (χ1) is 8.63. The third-order valence-corrected chi connectivity index (χ3v) is 3.97. The summed E-state index contributed by atoms with van der Waals surface area (Å²) in [6.07, 6.45) is 1.06. The summed E-state index contributed by atoms with van der Waals surface area (Å²) in [6.45, 7) is 5.05.